The summed E-state index contributed by atoms with van der Waals surface area (Å²) in [5.74, 6) is -1.57. The second-order valence-corrected chi connectivity index (χ2v) is 9.51. The highest BCUT2D eigenvalue weighted by Gasteiger charge is 2.40. The van der Waals surface area contributed by atoms with E-state index in [1.165, 1.54) is 19.3 Å². The molecule has 1 saturated carbocycles. The van der Waals surface area contributed by atoms with Gasteiger partial charge in [0.1, 0.15) is 0 Å². The van der Waals surface area contributed by atoms with Crippen molar-refractivity contribution in [3.05, 3.63) is 0 Å². The monoisotopic (exact) mass is 372 g/mol. The number of likely N-dealkylation sites (tertiary alicyclic amines) is 2. The third-order valence-corrected chi connectivity index (χ3v) is 7.39. The molecule has 1 aliphatic carbocycles. The van der Waals surface area contributed by atoms with Crippen LogP contribution < -0.4 is 0 Å². The van der Waals surface area contributed by atoms with Crippen molar-refractivity contribution in [2.75, 3.05) is 32.8 Å². The van der Waals surface area contributed by atoms with Crippen LogP contribution in [0.15, 0.2) is 0 Å². The topological polar surface area (TPSA) is 26.7 Å². The molecule has 3 fully saturated rings. The maximum Gasteiger partial charge on any atom is 0.250 e. The van der Waals surface area contributed by atoms with Crippen molar-refractivity contribution in [2.24, 2.45) is 11.3 Å². The number of nitrogens with zero attached hydrogens (tertiary/aromatic N) is 2. The van der Waals surface area contributed by atoms with Gasteiger partial charge in [-0.15, -0.1) is 0 Å². The molecule has 1 N–H and O–H groups in total. The first kappa shape index (κ1) is 20.5. The maximum atomic E-state index is 13.3. The lowest BCUT2D eigenvalue weighted by molar-refractivity contribution is -0.0627. The fraction of sp³-hybridized carbons (Fsp3) is 1.00. The van der Waals surface area contributed by atoms with Crippen LogP contribution >= 0.6 is 0 Å². The van der Waals surface area contributed by atoms with Crippen LogP contribution in [0.1, 0.15) is 71.6 Å². The Morgan fingerprint density at radius 1 is 0.885 bits per heavy atom. The van der Waals surface area contributed by atoms with Crippen LogP contribution in [0, 0.1) is 11.3 Å². The first-order valence-corrected chi connectivity index (χ1v) is 10.8. The zero-order valence-electron chi connectivity index (χ0n) is 16.7. The summed E-state index contributed by atoms with van der Waals surface area (Å²) >= 11 is 0. The van der Waals surface area contributed by atoms with E-state index < -0.39 is 5.92 Å². The molecule has 0 spiro atoms. The zero-order chi connectivity index (χ0) is 18.8. The molecule has 0 aromatic heterocycles. The number of piperidine rings is 2. The lowest BCUT2D eigenvalue weighted by Crippen LogP contribution is -2.47. The summed E-state index contributed by atoms with van der Waals surface area (Å²) in [4.78, 5) is 4.82. The van der Waals surface area contributed by atoms with Gasteiger partial charge in [0.2, 0.25) is 0 Å². The van der Waals surface area contributed by atoms with Crippen molar-refractivity contribution in [1.29, 1.82) is 0 Å². The average Bonchev–Trinajstić information content (AvgIpc) is 3.43. The number of rotatable bonds is 8. The Balaban J connectivity index is 1.38. The van der Waals surface area contributed by atoms with Crippen LogP contribution in [0.2, 0.25) is 0 Å². The van der Waals surface area contributed by atoms with E-state index >= 15 is 0 Å². The Hall–Kier alpha value is -0.260. The van der Waals surface area contributed by atoms with Crippen molar-refractivity contribution in [3.63, 3.8) is 0 Å². The van der Waals surface area contributed by atoms with Gasteiger partial charge in [0, 0.05) is 44.6 Å². The second kappa shape index (κ2) is 8.40. The molecule has 152 valence electrons. The molecule has 26 heavy (non-hydrogen) atoms. The highest BCUT2D eigenvalue weighted by atomic mass is 19.3. The predicted molar refractivity (Wildman–Crippen MR) is 102 cm³/mol. The van der Waals surface area contributed by atoms with E-state index in [0.29, 0.717) is 31.8 Å². The third kappa shape index (κ3) is 5.39. The molecule has 0 aromatic rings. The van der Waals surface area contributed by atoms with Crippen LogP contribution in [0.3, 0.4) is 0 Å². The molecule has 0 radical (unpaired) electrons. The minimum Gasteiger partial charge on any atom is -0.396 e. The minimum absolute atomic E-state index is 0.0171. The van der Waals surface area contributed by atoms with Crippen molar-refractivity contribution in [2.45, 2.75) is 89.6 Å². The smallest absolute Gasteiger partial charge is 0.250 e. The minimum atomic E-state index is -2.45. The van der Waals surface area contributed by atoms with E-state index in [9.17, 15) is 13.9 Å². The van der Waals surface area contributed by atoms with Gasteiger partial charge in [-0.1, -0.05) is 12.8 Å². The van der Waals surface area contributed by atoms with Crippen LogP contribution in [0.4, 0.5) is 8.78 Å². The molecule has 0 bridgehead atoms. The summed E-state index contributed by atoms with van der Waals surface area (Å²) in [6.07, 6.45) is 8.45. The molecule has 5 heteroatoms. The van der Waals surface area contributed by atoms with E-state index in [4.69, 9.17) is 0 Å². The zero-order valence-corrected chi connectivity index (χ0v) is 16.7. The molecule has 2 saturated heterocycles. The van der Waals surface area contributed by atoms with Gasteiger partial charge in [-0.25, -0.2) is 8.78 Å². The average molecular weight is 373 g/mol. The van der Waals surface area contributed by atoms with Crippen molar-refractivity contribution in [1.82, 2.24) is 9.80 Å². The van der Waals surface area contributed by atoms with Gasteiger partial charge in [-0.3, -0.25) is 0 Å². The maximum absolute atomic E-state index is 13.3. The molecule has 2 unspecified atom stereocenters. The Bertz CT molecular complexity index is 437. The molecule has 2 heterocycles. The molecule has 3 rings (SSSR count). The van der Waals surface area contributed by atoms with Crippen molar-refractivity contribution >= 4 is 0 Å². The van der Waals surface area contributed by atoms with Crippen LogP contribution in [-0.4, -0.2) is 65.7 Å². The van der Waals surface area contributed by atoms with E-state index in [1.54, 1.807) is 0 Å². The van der Waals surface area contributed by atoms with E-state index in [2.05, 4.69) is 23.6 Å². The van der Waals surface area contributed by atoms with Gasteiger partial charge in [0.05, 0.1) is 0 Å². The highest BCUT2D eigenvalue weighted by Crippen LogP contribution is 2.45. The number of aliphatic hydroxyl groups excluding tert-OH is 1. The summed E-state index contributed by atoms with van der Waals surface area (Å²) in [6.45, 7) is 8.11. The van der Waals surface area contributed by atoms with Gasteiger partial charge < -0.3 is 14.9 Å². The van der Waals surface area contributed by atoms with E-state index in [-0.39, 0.29) is 18.3 Å². The molecule has 0 amide bonds. The first-order valence-electron chi connectivity index (χ1n) is 10.8. The number of hydrogen-bond acceptors (Lipinski definition) is 3. The van der Waals surface area contributed by atoms with Crippen LogP contribution in [-0.2, 0) is 0 Å². The number of halogens is 2. The third-order valence-electron chi connectivity index (χ3n) is 7.39. The molecular formula is C21H38F2N2O. The van der Waals surface area contributed by atoms with E-state index in [0.717, 1.165) is 44.7 Å². The Labute approximate surface area is 158 Å². The van der Waals surface area contributed by atoms with Crippen LogP contribution in [0.5, 0.6) is 0 Å². The standard InChI is InChI=1S/C21H38F2N2O/c1-17(3-4-18(2)25-13-9-21(22,23)10-14-25)24-11-7-20(16-26,8-12-24)15-19-5-6-19/h17-19,26H,3-16H2,1-2H3. The second-order valence-electron chi connectivity index (χ2n) is 9.51. The van der Waals surface area contributed by atoms with Crippen molar-refractivity contribution < 1.29 is 13.9 Å². The summed E-state index contributed by atoms with van der Waals surface area (Å²) < 4.78 is 26.6. The fourth-order valence-electron chi connectivity index (χ4n) is 4.94. The van der Waals surface area contributed by atoms with Gasteiger partial charge >= 0.3 is 0 Å². The summed E-state index contributed by atoms with van der Waals surface area (Å²) in [6, 6.07) is 0.936. The lowest BCUT2D eigenvalue weighted by Gasteiger charge is -2.43. The molecule has 0 aromatic carbocycles. The van der Waals surface area contributed by atoms with Gasteiger partial charge in [0.15, 0.2) is 0 Å². The molecule has 2 atom stereocenters. The Morgan fingerprint density at radius 3 is 1.77 bits per heavy atom. The highest BCUT2D eigenvalue weighted by molar-refractivity contribution is 4.92. The number of alkyl halides is 2. The molecule has 2 aliphatic heterocycles. The first-order chi connectivity index (χ1) is 12.3. The van der Waals surface area contributed by atoms with Gasteiger partial charge in [-0.2, -0.15) is 0 Å². The number of hydrogen-bond donors (Lipinski definition) is 1. The predicted octanol–water partition coefficient (Wildman–Crippen LogP) is 4.15. The summed E-state index contributed by atoms with van der Waals surface area (Å²) in [7, 11) is 0. The number of aliphatic hydroxyl groups is 1. The Morgan fingerprint density at radius 2 is 1.35 bits per heavy atom. The SMILES string of the molecule is CC(CCC(C)N1CCC(CO)(CC2CC2)CC1)N1CCC(F)(F)CC1. The fourth-order valence-corrected chi connectivity index (χ4v) is 4.94. The largest absolute Gasteiger partial charge is 0.396 e. The van der Waals surface area contributed by atoms with Gasteiger partial charge in [0.25, 0.3) is 5.92 Å². The summed E-state index contributed by atoms with van der Waals surface area (Å²) in [5.41, 5.74) is 0.184. The quantitative estimate of drug-likeness (QED) is 0.693. The lowest BCUT2D eigenvalue weighted by atomic mass is 9.74. The molecule has 3 nitrogen and oxygen atoms in total. The normalized spacial score (nSPS) is 29.4. The molecular weight excluding hydrogens is 334 g/mol. The van der Waals surface area contributed by atoms with Crippen molar-refractivity contribution in [3.8, 4) is 0 Å². The Kier molecular flexibility index (Phi) is 6.62. The van der Waals surface area contributed by atoms with Gasteiger partial charge in [-0.05, 0) is 70.4 Å². The summed E-state index contributed by atoms with van der Waals surface area (Å²) in [5, 5.41) is 9.92. The van der Waals surface area contributed by atoms with Crippen LogP contribution in [0.25, 0.3) is 0 Å². The van der Waals surface area contributed by atoms with E-state index in [1.807, 2.05) is 0 Å². The molecule has 3 aliphatic rings.